The van der Waals surface area contributed by atoms with E-state index in [1.807, 2.05) is 24.3 Å². The van der Waals surface area contributed by atoms with E-state index in [2.05, 4.69) is 0 Å². The number of aliphatic hydroxyl groups is 1. The van der Waals surface area contributed by atoms with E-state index in [4.69, 9.17) is 27.8 Å². The summed E-state index contributed by atoms with van der Waals surface area (Å²) in [5, 5.41) is 8.94. The molecule has 2 aromatic rings. The van der Waals surface area contributed by atoms with Crippen LogP contribution in [0.4, 0.5) is 4.39 Å². The second-order valence-corrected chi connectivity index (χ2v) is 4.71. The van der Waals surface area contributed by atoms with Gasteiger partial charge in [0.15, 0.2) is 0 Å². The van der Waals surface area contributed by atoms with Crippen LogP contribution in [0.2, 0.25) is 0 Å². The summed E-state index contributed by atoms with van der Waals surface area (Å²) in [5.41, 5.74) is 7.36. The van der Waals surface area contributed by atoms with E-state index in [-0.39, 0.29) is 17.2 Å². The largest absolute Gasteiger partial charge is 0.489 e. The molecule has 0 saturated heterocycles. The second-order valence-electron chi connectivity index (χ2n) is 4.27. The molecule has 3 N–H and O–H groups in total. The van der Waals surface area contributed by atoms with Gasteiger partial charge in [0.05, 0.1) is 6.61 Å². The molecule has 0 unspecified atom stereocenters. The van der Waals surface area contributed by atoms with Gasteiger partial charge in [-0.05, 0) is 23.3 Å². The Morgan fingerprint density at radius 1 is 1.15 bits per heavy atom. The summed E-state index contributed by atoms with van der Waals surface area (Å²) in [5.74, 6) is -0.0839. The van der Waals surface area contributed by atoms with E-state index in [0.29, 0.717) is 12.4 Å². The Morgan fingerprint density at radius 2 is 1.80 bits per heavy atom. The number of halogens is 1. The van der Waals surface area contributed by atoms with Gasteiger partial charge in [-0.2, -0.15) is 0 Å². The first-order valence-electron chi connectivity index (χ1n) is 6.01. The molecule has 0 bridgehead atoms. The van der Waals surface area contributed by atoms with Gasteiger partial charge in [-0.25, -0.2) is 4.39 Å². The maximum Gasteiger partial charge on any atom is 0.137 e. The summed E-state index contributed by atoms with van der Waals surface area (Å²) in [6, 6.07) is 11.7. The van der Waals surface area contributed by atoms with Crippen molar-refractivity contribution in [3.63, 3.8) is 0 Å². The molecular formula is C15H14FNO2S. The van der Waals surface area contributed by atoms with E-state index in [1.54, 1.807) is 6.07 Å². The topological polar surface area (TPSA) is 55.5 Å². The number of hydrogen-bond acceptors (Lipinski definition) is 3. The minimum absolute atomic E-state index is 0.00676. The maximum atomic E-state index is 13.7. The van der Waals surface area contributed by atoms with Crippen LogP contribution in [0.15, 0.2) is 42.5 Å². The van der Waals surface area contributed by atoms with Crippen molar-refractivity contribution in [2.75, 3.05) is 0 Å². The Kier molecular flexibility index (Phi) is 4.65. The normalized spacial score (nSPS) is 10.3. The molecular weight excluding hydrogens is 277 g/mol. The number of nitrogens with two attached hydrogens (primary N) is 1. The highest BCUT2D eigenvalue weighted by molar-refractivity contribution is 7.80. The summed E-state index contributed by atoms with van der Waals surface area (Å²) >= 11 is 4.73. The zero-order valence-corrected chi connectivity index (χ0v) is 11.5. The molecule has 0 heterocycles. The van der Waals surface area contributed by atoms with Crippen molar-refractivity contribution in [3.05, 3.63) is 65.0 Å². The minimum Gasteiger partial charge on any atom is -0.489 e. The lowest BCUT2D eigenvalue weighted by molar-refractivity contribution is 0.281. The van der Waals surface area contributed by atoms with Crippen LogP contribution in [0.1, 0.15) is 16.7 Å². The monoisotopic (exact) mass is 291 g/mol. The molecule has 3 nitrogen and oxygen atoms in total. The zero-order chi connectivity index (χ0) is 14.5. The predicted molar refractivity (Wildman–Crippen MR) is 79.0 cm³/mol. The molecule has 0 spiro atoms. The quantitative estimate of drug-likeness (QED) is 0.831. The Balaban J connectivity index is 2.03. The SMILES string of the molecule is NC(=S)c1ccc(OCc2ccc(CO)cc2)cc1F. The van der Waals surface area contributed by atoms with Gasteiger partial charge < -0.3 is 15.6 Å². The lowest BCUT2D eigenvalue weighted by Crippen LogP contribution is -2.11. The number of benzene rings is 2. The molecule has 104 valence electrons. The molecule has 2 rings (SSSR count). The van der Waals surface area contributed by atoms with E-state index < -0.39 is 5.82 Å². The molecule has 0 aliphatic heterocycles. The average Bonchev–Trinajstić information content (AvgIpc) is 2.45. The van der Waals surface area contributed by atoms with Crippen LogP contribution in [0.5, 0.6) is 5.75 Å². The first-order valence-corrected chi connectivity index (χ1v) is 6.42. The minimum atomic E-state index is -0.495. The Hall–Kier alpha value is -1.98. The van der Waals surface area contributed by atoms with Crippen molar-refractivity contribution in [2.24, 2.45) is 5.73 Å². The average molecular weight is 291 g/mol. The number of hydrogen-bond donors (Lipinski definition) is 2. The summed E-state index contributed by atoms with van der Waals surface area (Å²) in [7, 11) is 0. The maximum absolute atomic E-state index is 13.7. The standard InChI is InChI=1S/C15H14FNO2S/c16-14-7-12(5-6-13(14)15(17)20)19-9-11-3-1-10(8-18)2-4-11/h1-7,18H,8-9H2,(H2,17,20). The van der Waals surface area contributed by atoms with Crippen molar-refractivity contribution in [3.8, 4) is 5.75 Å². The number of aliphatic hydroxyl groups excluding tert-OH is 1. The fraction of sp³-hybridized carbons (Fsp3) is 0.133. The Labute approximate surface area is 121 Å². The molecule has 20 heavy (non-hydrogen) atoms. The molecule has 0 atom stereocenters. The number of thiocarbonyl (C=S) groups is 1. The Bertz CT molecular complexity index is 614. The van der Waals surface area contributed by atoms with Gasteiger partial charge in [-0.3, -0.25) is 0 Å². The van der Waals surface area contributed by atoms with Gasteiger partial charge in [0.1, 0.15) is 23.2 Å². The van der Waals surface area contributed by atoms with Crippen molar-refractivity contribution in [1.82, 2.24) is 0 Å². The highest BCUT2D eigenvalue weighted by Crippen LogP contribution is 2.18. The molecule has 0 radical (unpaired) electrons. The lowest BCUT2D eigenvalue weighted by Gasteiger charge is -2.08. The molecule has 0 aliphatic rings. The molecule has 0 aliphatic carbocycles. The first-order chi connectivity index (χ1) is 9.60. The van der Waals surface area contributed by atoms with Crippen LogP contribution < -0.4 is 10.5 Å². The molecule has 0 amide bonds. The van der Waals surface area contributed by atoms with Crippen molar-refractivity contribution >= 4 is 17.2 Å². The Morgan fingerprint density at radius 3 is 2.35 bits per heavy atom. The van der Waals surface area contributed by atoms with Gasteiger partial charge in [0, 0.05) is 11.6 Å². The predicted octanol–water partition coefficient (Wildman–Crippen LogP) is 2.53. The molecule has 0 fully saturated rings. The third-order valence-corrected chi connectivity index (χ3v) is 3.04. The van der Waals surface area contributed by atoms with Crippen molar-refractivity contribution in [2.45, 2.75) is 13.2 Å². The van der Waals surface area contributed by atoms with E-state index in [1.165, 1.54) is 12.1 Å². The van der Waals surface area contributed by atoms with Crippen LogP contribution in [-0.4, -0.2) is 10.1 Å². The number of rotatable bonds is 5. The fourth-order valence-corrected chi connectivity index (χ4v) is 1.86. The summed E-state index contributed by atoms with van der Waals surface area (Å²) < 4.78 is 19.1. The van der Waals surface area contributed by atoms with E-state index in [0.717, 1.165) is 11.1 Å². The second kappa shape index (κ2) is 6.45. The lowest BCUT2D eigenvalue weighted by atomic mass is 10.1. The summed E-state index contributed by atoms with van der Waals surface area (Å²) in [6.07, 6.45) is 0. The molecule has 0 aromatic heterocycles. The first kappa shape index (κ1) is 14.4. The summed E-state index contributed by atoms with van der Waals surface area (Å²) in [6.45, 7) is 0.324. The third kappa shape index (κ3) is 3.53. The van der Waals surface area contributed by atoms with Crippen LogP contribution in [0.3, 0.4) is 0 Å². The third-order valence-electron chi connectivity index (χ3n) is 2.82. The van der Waals surface area contributed by atoms with E-state index in [9.17, 15) is 4.39 Å². The molecule has 0 saturated carbocycles. The molecule has 5 heteroatoms. The van der Waals surface area contributed by atoms with Gasteiger partial charge >= 0.3 is 0 Å². The highest BCUT2D eigenvalue weighted by Gasteiger charge is 2.06. The van der Waals surface area contributed by atoms with Crippen LogP contribution in [0.25, 0.3) is 0 Å². The van der Waals surface area contributed by atoms with Crippen molar-refractivity contribution in [1.29, 1.82) is 0 Å². The van der Waals surface area contributed by atoms with Gasteiger partial charge in [-0.15, -0.1) is 0 Å². The van der Waals surface area contributed by atoms with Crippen LogP contribution in [0, 0.1) is 5.82 Å². The van der Waals surface area contributed by atoms with E-state index >= 15 is 0 Å². The smallest absolute Gasteiger partial charge is 0.137 e. The molecule has 2 aromatic carbocycles. The highest BCUT2D eigenvalue weighted by atomic mass is 32.1. The van der Waals surface area contributed by atoms with Crippen LogP contribution >= 0.6 is 12.2 Å². The number of ether oxygens (including phenoxy) is 1. The van der Waals surface area contributed by atoms with Crippen LogP contribution in [-0.2, 0) is 13.2 Å². The van der Waals surface area contributed by atoms with Crippen molar-refractivity contribution < 1.29 is 14.2 Å². The summed E-state index contributed by atoms with van der Waals surface area (Å²) in [4.78, 5) is 0.0219. The fourth-order valence-electron chi connectivity index (χ4n) is 1.69. The zero-order valence-electron chi connectivity index (χ0n) is 10.7. The van der Waals surface area contributed by atoms with Gasteiger partial charge in [0.25, 0.3) is 0 Å². The van der Waals surface area contributed by atoms with Gasteiger partial charge in [0.2, 0.25) is 0 Å². The van der Waals surface area contributed by atoms with Gasteiger partial charge in [-0.1, -0.05) is 36.5 Å².